The van der Waals surface area contributed by atoms with Gasteiger partial charge in [0.15, 0.2) is 5.70 Å². The van der Waals surface area contributed by atoms with Crippen LogP contribution in [0, 0.1) is 10.1 Å². The molecule has 0 N–H and O–H groups in total. The maximum Gasteiger partial charge on any atom is 0.738 e. The number of methoxy groups -OCH3 is 1. The van der Waals surface area contributed by atoms with E-state index >= 15 is 8.63 Å². The largest absolute Gasteiger partial charge is 0.738 e. The molecule has 2 aliphatic heterocycles. The summed E-state index contributed by atoms with van der Waals surface area (Å²) in [5, 5.41) is 11.6. The third-order valence-electron chi connectivity index (χ3n) is 4.54. The normalized spacial score (nSPS) is 17.2. The molecule has 0 atom stereocenters. The Morgan fingerprint density at radius 1 is 1.22 bits per heavy atom. The zero-order chi connectivity index (χ0) is 19.5. The number of nitro benzene ring substituents is 1. The SMILES string of the molecule is COc1ccc([N+](=O)[O-])c(C2=C3C=CC(Br)=[N+]3[B-](F)(F)n3c(Br)ccc32)c1. The molecule has 6 nitrogen and oxygen atoms in total. The average Bonchev–Trinajstić information content (AvgIpc) is 3.19. The highest BCUT2D eigenvalue weighted by molar-refractivity contribution is 9.18. The molecule has 138 valence electrons. The van der Waals surface area contributed by atoms with Gasteiger partial charge in [0.2, 0.25) is 4.62 Å². The summed E-state index contributed by atoms with van der Waals surface area (Å²) in [6.45, 7) is -4.19. The lowest BCUT2D eigenvalue weighted by molar-refractivity contribution is -0.385. The van der Waals surface area contributed by atoms with Crippen LogP contribution in [0.5, 0.6) is 5.75 Å². The summed E-state index contributed by atoms with van der Waals surface area (Å²) in [7, 11) is 1.44. The Bertz CT molecular complexity index is 1110. The Kier molecular flexibility index (Phi) is 4.11. The molecule has 1 aromatic carbocycles. The first-order valence-electron chi connectivity index (χ1n) is 7.74. The van der Waals surface area contributed by atoms with Crippen molar-refractivity contribution in [3.63, 3.8) is 0 Å². The molecule has 0 saturated heterocycles. The number of nitro groups is 1. The standard InChI is InChI=1S/C16H10BBr2F2N3O3/c1-27-9-2-3-11(24(25)26)10(8-9)16-12-4-6-14(18)22(12)17(20,21)23-13(16)5-7-15(23)19/h2-8H,1H3. The second-order valence-electron chi connectivity index (χ2n) is 5.93. The van der Waals surface area contributed by atoms with Gasteiger partial charge >= 0.3 is 6.97 Å². The Labute approximate surface area is 168 Å². The van der Waals surface area contributed by atoms with Gasteiger partial charge in [0, 0.05) is 39.8 Å². The summed E-state index contributed by atoms with van der Waals surface area (Å²) in [6.07, 6.45) is 3.01. The predicted molar refractivity (Wildman–Crippen MR) is 105 cm³/mol. The molecule has 0 unspecified atom stereocenters. The van der Waals surface area contributed by atoms with Crippen molar-refractivity contribution in [1.82, 2.24) is 4.48 Å². The van der Waals surface area contributed by atoms with E-state index in [1.165, 1.54) is 49.6 Å². The second kappa shape index (κ2) is 6.13. The molecular weight excluding hydrogens is 491 g/mol. The summed E-state index contributed by atoms with van der Waals surface area (Å²) in [6, 6.07) is 7.28. The molecule has 11 heteroatoms. The maximum atomic E-state index is 15.2. The third kappa shape index (κ3) is 2.52. The van der Waals surface area contributed by atoms with Gasteiger partial charge in [-0.25, -0.2) is 0 Å². The fourth-order valence-electron chi connectivity index (χ4n) is 3.41. The van der Waals surface area contributed by atoms with Crippen LogP contribution in [0.25, 0.3) is 5.57 Å². The van der Waals surface area contributed by atoms with Crippen LogP contribution >= 0.6 is 31.9 Å². The molecule has 2 aromatic rings. The Hall–Kier alpha value is -2.27. The minimum Gasteiger partial charge on any atom is -0.497 e. The van der Waals surface area contributed by atoms with Crippen LogP contribution < -0.4 is 4.74 Å². The average molecular weight is 501 g/mol. The molecule has 3 heterocycles. The molecule has 0 bridgehead atoms. The summed E-state index contributed by atoms with van der Waals surface area (Å²) in [5.41, 5.74) is 0.688. The van der Waals surface area contributed by atoms with Crippen LogP contribution in [0.1, 0.15) is 11.3 Å². The lowest BCUT2D eigenvalue weighted by atomic mass is 9.86. The van der Waals surface area contributed by atoms with Crippen molar-refractivity contribution in [3.8, 4) is 5.75 Å². The van der Waals surface area contributed by atoms with Crippen LogP contribution in [-0.2, 0) is 0 Å². The molecule has 2 aliphatic rings. The number of aromatic nitrogens is 1. The molecule has 1 aromatic heterocycles. The molecule has 0 saturated carbocycles. The van der Waals surface area contributed by atoms with E-state index in [0.717, 1.165) is 8.96 Å². The van der Waals surface area contributed by atoms with E-state index < -0.39 is 11.9 Å². The lowest BCUT2D eigenvalue weighted by Crippen LogP contribution is -2.50. The number of allylic oxidation sites excluding steroid dienone is 2. The van der Waals surface area contributed by atoms with Gasteiger partial charge < -0.3 is 22.3 Å². The first kappa shape index (κ1) is 18.1. The van der Waals surface area contributed by atoms with E-state index in [0.29, 0.717) is 11.3 Å². The van der Waals surface area contributed by atoms with Crippen molar-refractivity contribution in [2.24, 2.45) is 0 Å². The summed E-state index contributed by atoms with van der Waals surface area (Å²) in [4.78, 5) is 11.1. The number of nitrogens with zero attached hydrogens (tertiary/aromatic N) is 3. The highest BCUT2D eigenvalue weighted by atomic mass is 79.9. The first-order chi connectivity index (χ1) is 12.8. The van der Waals surface area contributed by atoms with Crippen molar-refractivity contribution in [3.05, 3.63) is 74.2 Å². The summed E-state index contributed by atoms with van der Waals surface area (Å²) >= 11 is 6.33. The smallest absolute Gasteiger partial charge is 0.497 e. The number of fused-ring (bicyclic) bond motifs is 2. The third-order valence-corrected chi connectivity index (χ3v) is 5.83. The zero-order valence-electron chi connectivity index (χ0n) is 13.7. The Morgan fingerprint density at radius 3 is 2.63 bits per heavy atom. The van der Waals surface area contributed by atoms with Gasteiger partial charge in [0.1, 0.15) is 5.75 Å². The highest BCUT2D eigenvalue weighted by Gasteiger charge is 2.54. The van der Waals surface area contributed by atoms with E-state index in [2.05, 4.69) is 31.9 Å². The van der Waals surface area contributed by atoms with Crippen molar-refractivity contribution in [2.45, 2.75) is 0 Å². The van der Waals surface area contributed by atoms with Gasteiger partial charge in [0.05, 0.1) is 27.8 Å². The number of halogens is 4. The van der Waals surface area contributed by atoms with Crippen LogP contribution in [0.2, 0.25) is 0 Å². The topological polar surface area (TPSA) is 60.3 Å². The Morgan fingerprint density at radius 2 is 1.96 bits per heavy atom. The van der Waals surface area contributed by atoms with Gasteiger partial charge in [-0.15, -0.1) is 0 Å². The minimum atomic E-state index is -4.19. The van der Waals surface area contributed by atoms with E-state index in [1.54, 1.807) is 0 Å². The fourth-order valence-corrected chi connectivity index (χ4v) is 4.55. The summed E-state index contributed by atoms with van der Waals surface area (Å²) < 4.78 is 37.7. The molecule has 4 rings (SSSR count). The van der Waals surface area contributed by atoms with Gasteiger partial charge in [-0.3, -0.25) is 10.1 Å². The van der Waals surface area contributed by atoms with Gasteiger partial charge in [0.25, 0.3) is 5.69 Å². The van der Waals surface area contributed by atoms with Gasteiger partial charge in [-0.1, -0.05) is 0 Å². The monoisotopic (exact) mass is 499 g/mol. The second-order valence-corrected chi connectivity index (χ2v) is 7.55. The van der Waals surface area contributed by atoms with E-state index in [9.17, 15) is 10.1 Å². The zero-order valence-corrected chi connectivity index (χ0v) is 16.9. The molecule has 0 fully saturated rings. The molecular formula is C16H10BBr2F2N3O3. The lowest BCUT2D eigenvalue weighted by Gasteiger charge is -2.32. The first-order valence-corrected chi connectivity index (χ1v) is 9.32. The molecule has 0 aliphatic carbocycles. The molecule has 0 amide bonds. The number of ether oxygens (including phenoxy) is 1. The molecule has 0 radical (unpaired) electrons. The predicted octanol–water partition coefficient (Wildman–Crippen LogP) is 4.54. The van der Waals surface area contributed by atoms with Gasteiger partial charge in [-0.05, 0) is 40.2 Å². The number of hydrogen-bond donors (Lipinski definition) is 0. The fraction of sp³-hybridized carbons (Fsp3) is 0.0625. The van der Waals surface area contributed by atoms with E-state index in [4.69, 9.17) is 4.74 Å². The van der Waals surface area contributed by atoms with Crippen molar-refractivity contribution < 1.29 is 22.8 Å². The van der Waals surface area contributed by atoms with E-state index in [1.807, 2.05) is 0 Å². The minimum absolute atomic E-state index is 0.178. The maximum absolute atomic E-state index is 15.2. The van der Waals surface area contributed by atoms with Crippen molar-refractivity contribution in [1.29, 1.82) is 0 Å². The van der Waals surface area contributed by atoms with Crippen LogP contribution in [-0.4, -0.2) is 32.6 Å². The van der Waals surface area contributed by atoms with Crippen molar-refractivity contribution in [2.75, 3.05) is 7.11 Å². The van der Waals surface area contributed by atoms with Gasteiger partial charge in [-0.2, -0.15) is 0 Å². The van der Waals surface area contributed by atoms with Crippen molar-refractivity contribution >= 4 is 54.7 Å². The molecule has 27 heavy (non-hydrogen) atoms. The van der Waals surface area contributed by atoms with Crippen LogP contribution in [0.3, 0.4) is 0 Å². The number of rotatable bonds is 3. The van der Waals surface area contributed by atoms with Crippen LogP contribution in [0.4, 0.5) is 14.3 Å². The highest BCUT2D eigenvalue weighted by Crippen LogP contribution is 2.44. The number of benzene rings is 1. The van der Waals surface area contributed by atoms with E-state index in [-0.39, 0.29) is 31.9 Å². The van der Waals surface area contributed by atoms with Crippen LogP contribution in [0.15, 0.2) is 52.8 Å². The number of hydrogen-bond acceptors (Lipinski definition) is 3. The summed E-state index contributed by atoms with van der Waals surface area (Å²) in [5.74, 6) is 0.389. The Balaban J connectivity index is 2.14. The quantitative estimate of drug-likeness (QED) is 0.353. The molecule has 0 spiro atoms.